The van der Waals surface area contributed by atoms with Crippen LogP contribution in [0, 0.1) is 12.8 Å². The van der Waals surface area contributed by atoms with Crippen LogP contribution in [0.1, 0.15) is 24.8 Å². The standard InChI is InChI=1S/C17H19N3O3/c1-10-2-6-12(7-3-10)20-16(22)14-13(18-17(20)23)8-9-19(14)15(21)11-4-5-11/h2-3,6-7,11,13-14H,4-5,8-9H2,1H3,(H,18,23)/t13-,14-/m1/s1. The van der Waals surface area contributed by atoms with E-state index in [2.05, 4.69) is 5.32 Å². The first-order valence-electron chi connectivity index (χ1n) is 8.08. The Morgan fingerprint density at radius 2 is 1.83 bits per heavy atom. The Morgan fingerprint density at radius 1 is 1.13 bits per heavy atom. The second-order valence-electron chi connectivity index (χ2n) is 6.60. The number of nitrogens with zero attached hydrogens (tertiary/aromatic N) is 2. The Kier molecular flexibility index (Phi) is 3.14. The molecule has 3 aliphatic rings. The van der Waals surface area contributed by atoms with Gasteiger partial charge >= 0.3 is 6.03 Å². The van der Waals surface area contributed by atoms with E-state index < -0.39 is 12.1 Å². The van der Waals surface area contributed by atoms with Crippen LogP contribution in [0.25, 0.3) is 0 Å². The van der Waals surface area contributed by atoms with E-state index in [1.54, 1.807) is 17.0 Å². The number of anilines is 1. The van der Waals surface area contributed by atoms with E-state index in [0.717, 1.165) is 18.4 Å². The van der Waals surface area contributed by atoms with Gasteiger partial charge in [0.2, 0.25) is 5.91 Å². The zero-order valence-corrected chi connectivity index (χ0v) is 13.0. The van der Waals surface area contributed by atoms with Crippen molar-refractivity contribution >= 4 is 23.5 Å². The van der Waals surface area contributed by atoms with E-state index in [1.807, 2.05) is 19.1 Å². The average molecular weight is 313 g/mol. The van der Waals surface area contributed by atoms with Gasteiger partial charge in [-0.3, -0.25) is 9.59 Å². The predicted octanol–water partition coefficient (Wildman–Crippen LogP) is 1.43. The molecule has 4 amide bonds. The van der Waals surface area contributed by atoms with Crippen molar-refractivity contribution in [2.24, 2.45) is 5.92 Å². The third kappa shape index (κ3) is 2.29. The number of carbonyl (C=O) groups excluding carboxylic acids is 3. The summed E-state index contributed by atoms with van der Waals surface area (Å²) in [6.07, 6.45) is 2.46. The molecule has 120 valence electrons. The summed E-state index contributed by atoms with van der Waals surface area (Å²) in [5.74, 6) is -0.160. The number of rotatable bonds is 2. The summed E-state index contributed by atoms with van der Waals surface area (Å²) < 4.78 is 0. The number of amides is 4. The normalized spacial score (nSPS) is 27.0. The second kappa shape index (κ2) is 5.08. The van der Waals surface area contributed by atoms with Crippen molar-refractivity contribution in [1.82, 2.24) is 10.2 Å². The van der Waals surface area contributed by atoms with Crippen molar-refractivity contribution < 1.29 is 14.4 Å². The molecule has 1 aliphatic carbocycles. The van der Waals surface area contributed by atoms with Gasteiger partial charge in [0.15, 0.2) is 0 Å². The first-order valence-corrected chi connectivity index (χ1v) is 8.08. The molecule has 1 aromatic rings. The van der Waals surface area contributed by atoms with Gasteiger partial charge in [-0.25, -0.2) is 9.69 Å². The molecular formula is C17H19N3O3. The monoisotopic (exact) mass is 313 g/mol. The number of hydrogen-bond acceptors (Lipinski definition) is 3. The molecule has 1 N–H and O–H groups in total. The minimum Gasteiger partial charge on any atom is -0.332 e. The fourth-order valence-electron chi connectivity index (χ4n) is 3.45. The smallest absolute Gasteiger partial charge is 0.329 e. The number of carbonyl (C=O) groups is 3. The van der Waals surface area contributed by atoms with E-state index >= 15 is 0 Å². The molecule has 0 bridgehead atoms. The highest BCUT2D eigenvalue weighted by Gasteiger charge is 2.51. The van der Waals surface area contributed by atoms with Crippen LogP contribution < -0.4 is 10.2 Å². The summed E-state index contributed by atoms with van der Waals surface area (Å²) in [6, 6.07) is 6.01. The quantitative estimate of drug-likeness (QED) is 0.898. The van der Waals surface area contributed by atoms with Gasteiger partial charge in [0.25, 0.3) is 5.91 Å². The Hall–Kier alpha value is -2.37. The molecule has 6 heteroatoms. The molecule has 6 nitrogen and oxygen atoms in total. The highest BCUT2D eigenvalue weighted by Crippen LogP contribution is 2.35. The molecule has 2 saturated heterocycles. The van der Waals surface area contributed by atoms with Crippen molar-refractivity contribution in [2.75, 3.05) is 11.4 Å². The third-order valence-corrected chi connectivity index (χ3v) is 4.89. The molecule has 0 spiro atoms. The van der Waals surface area contributed by atoms with Crippen LogP contribution in [-0.2, 0) is 9.59 Å². The summed E-state index contributed by atoms with van der Waals surface area (Å²) in [7, 11) is 0. The van der Waals surface area contributed by atoms with Crippen LogP contribution in [0.5, 0.6) is 0 Å². The van der Waals surface area contributed by atoms with Gasteiger partial charge in [-0.15, -0.1) is 0 Å². The molecule has 3 fully saturated rings. The zero-order valence-electron chi connectivity index (χ0n) is 13.0. The topological polar surface area (TPSA) is 69.7 Å². The molecule has 0 radical (unpaired) electrons. The number of imide groups is 1. The molecule has 0 unspecified atom stereocenters. The van der Waals surface area contributed by atoms with Crippen LogP contribution in [0.15, 0.2) is 24.3 Å². The number of fused-ring (bicyclic) bond motifs is 1. The van der Waals surface area contributed by atoms with Crippen molar-refractivity contribution in [2.45, 2.75) is 38.3 Å². The lowest BCUT2D eigenvalue weighted by Crippen LogP contribution is -2.65. The molecule has 1 aromatic carbocycles. The van der Waals surface area contributed by atoms with Crippen LogP contribution in [0.2, 0.25) is 0 Å². The lowest BCUT2D eigenvalue weighted by atomic mass is 10.0. The number of nitrogens with one attached hydrogen (secondary N) is 1. The maximum absolute atomic E-state index is 12.9. The van der Waals surface area contributed by atoms with E-state index in [4.69, 9.17) is 0 Å². The first kappa shape index (κ1) is 14.2. The van der Waals surface area contributed by atoms with Gasteiger partial charge in [0, 0.05) is 12.5 Å². The Balaban J connectivity index is 1.64. The molecule has 2 aliphatic heterocycles. The van der Waals surface area contributed by atoms with Gasteiger partial charge in [-0.1, -0.05) is 17.7 Å². The Labute approximate surface area is 134 Å². The second-order valence-corrected chi connectivity index (χ2v) is 6.60. The number of benzene rings is 1. The van der Waals surface area contributed by atoms with Gasteiger partial charge in [-0.05, 0) is 38.3 Å². The maximum Gasteiger partial charge on any atom is 0.329 e. The molecule has 1 saturated carbocycles. The molecule has 2 heterocycles. The lowest BCUT2D eigenvalue weighted by molar-refractivity contribution is -0.139. The van der Waals surface area contributed by atoms with Crippen molar-refractivity contribution in [3.8, 4) is 0 Å². The van der Waals surface area contributed by atoms with Crippen LogP contribution in [0.4, 0.5) is 10.5 Å². The molecular weight excluding hydrogens is 294 g/mol. The van der Waals surface area contributed by atoms with Crippen LogP contribution >= 0.6 is 0 Å². The molecule has 2 atom stereocenters. The Bertz CT molecular complexity index is 681. The SMILES string of the molecule is Cc1ccc(N2C(=O)N[C@@H]3CCN(C(=O)C4CC4)[C@H]3C2=O)cc1. The summed E-state index contributed by atoms with van der Waals surface area (Å²) in [4.78, 5) is 40.5. The Morgan fingerprint density at radius 3 is 2.48 bits per heavy atom. The number of aryl methyl sites for hydroxylation is 1. The lowest BCUT2D eigenvalue weighted by Gasteiger charge is -2.37. The first-order chi connectivity index (χ1) is 11.1. The van der Waals surface area contributed by atoms with E-state index in [0.29, 0.717) is 18.7 Å². The number of hydrogen-bond donors (Lipinski definition) is 1. The van der Waals surface area contributed by atoms with Crippen LogP contribution in [-0.4, -0.2) is 41.4 Å². The molecule has 23 heavy (non-hydrogen) atoms. The van der Waals surface area contributed by atoms with E-state index in [1.165, 1.54) is 4.90 Å². The summed E-state index contributed by atoms with van der Waals surface area (Å²) in [5.41, 5.74) is 1.60. The van der Waals surface area contributed by atoms with E-state index in [9.17, 15) is 14.4 Å². The molecule has 0 aromatic heterocycles. The zero-order chi connectivity index (χ0) is 16.1. The highest BCUT2D eigenvalue weighted by molar-refractivity contribution is 6.19. The van der Waals surface area contributed by atoms with Gasteiger partial charge in [0.05, 0.1) is 11.7 Å². The summed E-state index contributed by atoms with van der Waals surface area (Å²) in [5, 5.41) is 2.89. The third-order valence-electron chi connectivity index (χ3n) is 4.89. The van der Waals surface area contributed by atoms with Gasteiger partial charge in [0.1, 0.15) is 6.04 Å². The van der Waals surface area contributed by atoms with Gasteiger partial charge < -0.3 is 10.2 Å². The van der Waals surface area contributed by atoms with Crippen molar-refractivity contribution in [3.63, 3.8) is 0 Å². The van der Waals surface area contributed by atoms with E-state index in [-0.39, 0.29) is 23.8 Å². The number of urea groups is 1. The fraction of sp³-hybridized carbons (Fsp3) is 0.471. The largest absolute Gasteiger partial charge is 0.332 e. The van der Waals surface area contributed by atoms with Gasteiger partial charge in [-0.2, -0.15) is 0 Å². The minimum atomic E-state index is -0.567. The fourth-order valence-corrected chi connectivity index (χ4v) is 3.45. The number of likely N-dealkylation sites (tertiary alicyclic amines) is 1. The predicted molar refractivity (Wildman–Crippen MR) is 83.8 cm³/mol. The minimum absolute atomic E-state index is 0.0610. The highest BCUT2D eigenvalue weighted by atomic mass is 16.2. The maximum atomic E-state index is 12.9. The summed E-state index contributed by atoms with van der Waals surface area (Å²) >= 11 is 0. The average Bonchev–Trinajstić information content (AvgIpc) is 3.29. The summed E-state index contributed by atoms with van der Waals surface area (Å²) in [6.45, 7) is 2.49. The van der Waals surface area contributed by atoms with Crippen molar-refractivity contribution in [1.29, 1.82) is 0 Å². The van der Waals surface area contributed by atoms with Crippen LogP contribution in [0.3, 0.4) is 0 Å². The van der Waals surface area contributed by atoms with Crippen molar-refractivity contribution in [3.05, 3.63) is 29.8 Å². The molecule has 4 rings (SSSR count).